The van der Waals surface area contributed by atoms with Gasteiger partial charge in [0.25, 0.3) is 0 Å². The molecule has 2 N–H and O–H groups in total. The molecule has 0 heterocycles. The molecule has 0 saturated heterocycles. The number of carbonyl (C=O) groups excluding carboxylic acids is 2. The van der Waals surface area contributed by atoms with Crippen molar-refractivity contribution in [2.24, 2.45) is 17.8 Å². The Labute approximate surface area is 282 Å². The fourth-order valence-corrected chi connectivity index (χ4v) is 7.72. The van der Waals surface area contributed by atoms with Crippen LogP contribution in [0.3, 0.4) is 0 Å². The third-order valence-electron chi connectivity index (χ3n) is 9.23. The minimum atomic E-state index is -3.63. The van der Waals surface area contributed by atoms with Crippen LogP contribution < -0.4 is 10.2 Å². The smallest absolute Gasteiger partial charge is 0.323 e. The van der Waals surface area contributed by atoms with E-state index in [1.54, 1.807) is 36.4 Å². The number of Topliss-reactive ketones (excluding diaryl/α,β-unsaturated/α-hetero) is 1. The number of aliphatic carboxylic acids is 1. The Morgan fingerprint density at radius 3 is 2.09 bits per heavy atom. The van der Waals surface area contributed by atoms with Gasteiger partial charge in [-0.15, -0.1) is 0 Å². The Morgan fingerprint density at radius 1 is 0.915 bits per heavy atom. The SMILES string of the molecule is CC(C)CCCC(C)CC(=O)[C@@H](CC1CCCCC1)NC(=O)N(CC(=O)O)c1ccc(CS(=O)(=O)c2ccc(C(C)(C)C)cc2)cc1. The van der Waals surface area contributed by atoms with Crippen molar-refractivity contribution in [2.75, 3.05) is 11.4 Å². The molecule has 1 saturated carbocycles. The van der Waals surface area contributed by atoms with Crippen LogP contribution in [-0.2, 0) is 30.6 Å². The Kier molecular flexibility index (Phi) is 14.1. The van der Waals surface area contributed by atoms with Crippen molar-refractivity contribution in [3.8, 4) is 0 Å². The highest BCUT2D eigenvalue weighted by atomic mass is 32.2. The first-order valence-electron chi connectivity index (χ1n) is 17.3. The number of sulfone groups is 1. The van der Waals surface area contributed by atoms with E-state index in [1.807, 2.05) is 12.1 Å². The second-order valence-corrected chi connectivity index (χ2v) is 17.0. The van der Waals surface area contributed by atoms with Crippen molar-refractivity contribution in [1.29, 1.82) is 0 Å². The molecule has 1 fully saturated rings. The Hall–Kier alpha value is -3.20. The predicted molar refractivity (Wildman–Crippen MR) is 188 cm³/mol. The summed E-state index contributed by atoms with van der Waals surface area (Å²) in [5, 5.41) is 12.6. The molecule has 0 aromatic heterocycles. The van der Waals surface area contributed by atoms with E-state index in [1.165, 1.54) is 6.42 Å². The van der Waals surface area contributed by atoms with Gasteiger partial charge in [-0.1, -0.05) is 117 Å². The van der Waals surface area contributed by atoms with Crippen molar-refractivity contribution in [3.05, 3.63) is 59.7 Å². The van der Waals surface area contributed by atoms with Crippen LogP contribution in [0, 0.1) is 17.8 Å². The second-order valence-electron chi connectivity index (χ2n) is 15.0. The lowest BCUT2D eigenvalue weighted by molar-refractivity contribution is -0.135. The maximum atomic E-state index is 13.7. The van der Waals surface area contributed by atoms with Crippen molar-refractivity contribution in [3.63, 3.8) is 0 Å². The van der Waals surface area contributed by atoms with Gasteiger partial charge in [-0.05, 0) is 65.0 Å². The third-order valence-corrected chi connectivity index (χ3v) is 10.9. The van der Waals surface area contributed by atoms with Gasteiger partial charge in [0.2, 0.25) is 0 Å². The maximum Gasteiger partial charge on any atom is 0.323 e. The quantitative estimate of drug-likeness (QED) is 0.186. The van der Waals surface area contributed by atoms with E-state index in [0.717, 1.165) is 55.4 Å². The van der Waals surface area contributed by atoms with Gasteiger partial charge in [0.15, 0.2) is 15.6 Å². The van der Waals surface area contributed by atoms with E-state index < -0.39 is 34.4 Å². The minimum absolute atomic E-state index is 0.00710. The lowest BCUT2D eigenvalue weighted by Gasteiger charge is -2.29. The molecule has 2 amide bonds. The summed E-state index contributed by atoms with van der Waals surface area (Å²) < 4.78 is 26.3. The molecule has 8 nitrogen and oxygen atoms in total. The molecule has 0 spiro atoms. The molecular formula is C38H56N2O6S. The average molecular weight is 669 g/mol. The molecule has 1 aliphatic rings. The summed E-state index contributed by atoms with van der Waals surface area (Å²) in [5.74, 6) is -0.288. The van der Waals surface area contributed by atoms with Crippen LogP contribution in [0.15, 0.2) is 53.4 Å². The zero-order chi connectivity index (χ0) is 34.8. The number of nitrogens with one attached hydrogen (secondary N) is 1. The zero-order valence-corrected chi connectivity index (χ0v) is 30.1. The molecule has 2 aromatic carbocycles. The summed E-state index contributed by atoms with van der Waals surface area (Å²) in [5.41, 5.74) is 1.77. The summed E-state index contributed by atoms with van der Waals surface area (Å²) >= 11 is 0. The first-order valence-corrected chi connectivity index (χ1v) is 18.9. The third kappa shape index (κ3) is 12.4. The molecule has 0 aliphatic heterocycles. The second kappa shape index (κ2) is 17.3. The highest BCUT2D eigenvalue weighted by Crippen LogP contribution is 2.29. The van der Waals surface area contributed by atoms with Gasteiger partial charge < -0.3 is 10.4 Å². The van der Waals surface area contributed by atoms with E-state index in [9.17, 15) is 27.9 Å². The molecule has 0 bridgehead atoms. The van der Waals surface area contributed by atoms with Gasteiger partial charge in [-0.3, -0.25) is 14.5 Å². The van der Waals surface area contributed by atoms with Gasteiger partial charge >= 0.3 is 12.0 Å². The highest BCUT2D eigenvalue weighted by Gasteiger charge is 2.30. The summed E-state index contributed by atoms with van der Waals surface area (Å²) in [6.45, 7) is 12.1. The summed E-state index contributed by atoms with van der Waals surface area (Å²) in [7, 11) is -3.63. The van der Waals surface area contributed by atoms with Crippen LogP contribution >= 0.6 is 0 Å². The van der Waals surface area contributed by atoms with Crippen molar-refractivity contribution in [2.45, 2.75) is 128 Å². The highest BCUT2D eigenvalue weighted by molar-refractivity contribution is 7.90. The van der Waals surface area contributed by atoms with E-state index in [2.05, 4.69) is 46.9 Å². The number of carboxylic acids is 1. The number of carboxylic acid groups (broad SMARTS) is 1. The van der Waals surface area contributed by atoms with Gasteiger partial charge in [-0.25, -0.2) is 13.2 Å². The fourth-order valence-electron chi connectivity index (χ4n) is 6.37. The number of carbonyl (C=O) groups is 3. The molecular weight excluding hydrogens is 612 g/mol. The normalized spacial score (nSPS) is 15.6. The van der Waals surface area contributed by atoms with Crippen LogP contribution in [0.5, 0.6) is 0 Å². The topological polar surface area (TPSA) is 121 Å². The maximum absolute atomic E-state index is 13.7. The van der Waals surface area contributed by atoms with Crippen LogP contribution in [-0.4, -0.2) is 43.9 Å². The molecule has 1 unspecified atom stereocenters. The van der Waals surface area contributed by atoms with Crippen LogP contribution in [0.1, 0.15) is 117 Å². The molecule has 3 rings (SSSR count). The van der Waals surface area contributed by atoms with Crippen LogP contribution in [0.2, 0.25) is 0 Å². The Bertz CT molecular complexity index is 1420. The number of hydrogen-bond donors (Lipinski definition) is 2. The molecule has 47 heavy (non-hydrogen) atoms. The Morgan fingerprint density at radius 2 is 1.53 bits per heavy atom. The molecule has 2 aromatic rings. The van der Waals surface area contributed by atoms with E-state index in [4.69, 9.17) is 0 Å². The molecule has 260 valence electrons. The summed E-state index contributed by atoms with van der Waals surface area (Å²) in [6.07, 6.45) is 9.49. The number of nitrogens with zero attached hydrogens (tertiary/aromatic N) is 1. The number of anilines is 1. The Balaban J connectivity index is 1.75. The van der Waals surface area contributed by atoms with Gasteiger partial charge in [0.1, 0.15) is 6.54 Å². The molecule has 2 atom stereocenters. The number of benzene rings is 2. The van der Waals surface area contributed by atoms with Crippen molar-refractivity contribution >= 4 is 33.3 Å². The van der Waals surface area contributed by atoms with Crippen molar-refractivity contribution < 1.29 is 27.9 Å². The fraction of sp³-hybridized carbons (Fsp3) is 0.605. The minimum Gasteiger partial charge on any atom is -0.480 e. The average Bonchev–Trinajstić information content (AvgIpc) is 2.99. The monoisotopic (exact) mass is 668 g/mol. The number of urea groups is 1. The number of hydrogen-bond acceptors (Lipinski definition) is 5. The summed E-state index contributed by atoms with van der Waals surface area (Å²) in [6, 6.07) is 11.9. The van der Waals surface area contributed by atoms with Crippen molar-refractivity contribution in [1.82, 2.24) is 5.32 Å². The zero-order valence-electron chi connectivity index (χ0n) is 29.3. The lowest BCUT2D eigenvalue weighted by atomic mass is 9.82. The van der Waals surface area contributed by atoms with Crippen LogP contribution in [0.25, 0.3) is 0 Å². The molecule has 1 aliphatic carbocycles. The molecule has 0 radical (unpaired) electrons. The number of ketones is 1. The standard InChI is InChI=1S/C38H56N2O6S/c1-27(2)11-10-12-28(3)23-35(41)34(24-29-13-8-7-9-14-29)39-37(44)40(25-36(42)43)32-19-15-30(16-20-32)26-47(45,46)33-21-17-31(18-22-33)38(4,5)6/h15-22,27-29,34H,7-14,23-26H2,1-6H3,(H,39,44)(H,42,43)/t28?,34-/m1/s1. The van der Waals surface area contributed by atoms with E-state index >= 15 is 0 Å². The molecule has 9 heteroatoms. The van der Waals surface area contributed by atoms with Gasteiger partial charge in [0, 0.05) is 12.1 Å². The van der Waals surface area contributed by atoms with Gasteiger partial charge in [0.05, 0.1) is 16.7 Å². The first kappa shape index (κ1) is 38.2. The van der Waals surface area contributed by atoms with Gasteiger partial charge in [-0.2, -0.15) is 0 Å². The lowest BCUT2D eigenvalue weighted by Crippen LogP contribution is -2.50. The number of amides is 2. The number of rotatable bonds is 16. The predicted octanol–water partition coefficient (Wildman–Crippen LogP) is 8.32. The summed E-state index contributed by atoms with van der Waals surface area (Å²) in [4.78, 5) is 40.4. The first-order chi connectivity index (χ1) is 22.0. The van der Waals surface area contributed by atoms with E-state index in [-0.39, 0.29) is 27.8 Å². The largest absolute Gasteiger partial charge is 0.480 e. The van der Waals surface area contributed by atoms with E-state index in [0.29, 0.717) is 35.9 Å². The van der Waals surface area contributed by atoms with Crippen LogP contribution in [0.4, 0.5) is 10.5 Å².